The summed E-state index contributed by atoms with van der Waals surface area (Å²) in [5.41, 5.74) is 1.09. The highest BCUT2D eigenvalue weighted by molar-refractivity contribution is 5.89. The highest BCUT2D eigenvalue weighted by atomic mass is 16.5. The van der Waals surface area contributed by atoms with Crippen molar-refractivity contribution in [1.82, 2.24) is 9.80 Å². The molecule has 154 valence electrons. The van der Waals surface area contributed by atoms with Gasteiger partial charge in [-0.15, -0.1) is 0 Å². The van der Waals surface area contributed by atoms with E-state index in [1.807, 2.05) is 28.0 Å². The molecule has 6 nitrogen and oxygen atoms in total. The quantitative estimate of drug-likeness (QED) is 0.721. The molecular weight excluding hydrogens is 356 g/mol. The highest BCUT2D eigenvalue weighted by Gasteiger charge is 2.38. The molecular formula is C22H32N2O4. The maximum absolute atomic E-state index is 13.0. The number of carbonyl (C=O) groups excluding carboxylic acids is 2. The van der Waals surface area contributed by atoms with Crippen molar-refractivity contribution in [2.24, 2.45) is 5.92 Å². The summed E-state index contributed by atoms with van der Waals surface area (Å²) >= 11 is 0. The van der Waals surface area contributed by atoms with Crippen molar-refractivity contribution in [3.8, 4) is 11.5 Å². The van der Waals surface area contributed by atoms with Gasteiger partial charge in [0.2, 0.25) is 11.8 Å². The van der Waals surface area contributed by atoms with E-state index in [4.69, 9.17) is 9.47 Å². The van der Waals surface area contributed by atoms with Crippen LogP contribution in [0.15, 0.2) is 18.2 Å². The maximum atomic E-state index is 13.0. The largest absolute Gasteiger partial charge is 0.493 e. The van der Waals surface area contributed by atoms with E-state index in [0.717, 1.165) is 37.8 Å². The van der Waals surface area contributed by atoms with Crippen molar-refractivity contribution in [3.63, 3.8) is 0 Å². The number of hydrogen-bond acceptors (Lipinski definition) is 4. The molecule has 2 aliphatic heterocycles. The molecule has 2 heterocycles. The third-order valence-corrected chi connectivity index (χ3v) is 6.06. The van der Waals surface area contributed by atoms with Crippen LogP contribution in [-0.2, 0) is 16.0 Å². The van der Waals surface area contributed by atoms with Crippen LogP contribution >= 0.6 is 0 Å². The van der Waals surface area contributed by atoms with Crippen LogP contribution in [-0.4, -0.2) is 61.5 Å². The fraction of sp³-hybridized carbons (Fsp3) is 0.636. The standard InChI is InChI=1S/C22H32N2O4/c1-4-18-7-5-6-11-24(18)22(26)17-14-21(25)23(15-17)12-10-16-8-9-19(27-2)20(13-16)28-3/h8-9,13,17-18H,4-7,10-12,14-15H2,1-3H3. The van der Waals surface area contributed by atoms with Gasteiger partial charge < -0.3 is 19.3 Å². The summed E-state index contributed by atoms with van der Waals surface area (Å²) in [4.78, 5) is 29.4. The van der Waals surface area contributed by atoms with Gasteiger partial charge in [-0.1, -0.05) is 13.0 Å². The molecule has 3 rings (SSSR count). The van der Waals surface area contributed by atoms with Gasteiger partial charge in [-0.2, -0.15) is 0 Å². The molecule has 2 saturated heterocycles. The number of piperidine rings is 1. The predicted octanol–water partition coefficient (Wildman–Crippen LogP) is 2.89. The number of likely N-dealkylation sites (tertiary alicyclic amines) is 2. The fourth-order valence-corrected chi connectivity index (χ4v) is 4.40. The Hall–Kier alpha value is -2.24. The van der Waals surface area contributed by atoms with Gasteiger partial charge in [-0.3, -0.25) is 9.59 Å². The van der Waals surface area contributed by atoms with Crippen molar-refractivity contribution in [2.75, 3.05) is 33.9 Å². The first-order valence-electron chi connectivity index (χ1n) is 10.4. The molecule has 2 atom stereocenters. The normalized spacial score (nSPS) is 22.5. The second-order valence-electron chi connectivity index (χ2n) is 7.77. The second-order valence-corrected chi connectivity index (χ2v) is 7.77. The lowest BCUT2D eigenvalue weighted by Gasteiger charge is -2.36. The van der Waals surface area contributed by atoms with Crippen molar-refractivity contribution in [3.05, 3.63) is 23.8 Å². The van der Waals surface area contributed by atoms with Gasteiger partial charge in [0.05, 0.1) is 20.1 Å². The summed E-state index contributed by atoms with van der Waals surface area (Å²) in [5.74, 6) is 1.46. The lowest BCUT2D eigenvalue weighted by molar-refractivity contribution is -0.139. The monoisotopic (exact) mass is 388 g/mol. The predicted molar refractivity (Wildman–Crippen MR) is 108 cm³/mol. The molecule has 0 N–H and O–H groups in total. The third kappa shape index (κ3) is 4.42. The molecule has 2 unspecified atom stereocenters. The van der Waals surface area contributed by atoms with Gasteiger partial charge in [0.1, 0.15) is 0 Å². The molecule has 2 aliphatic rings. The highest BCUT2D eigenvalue weighted by Crippen LogP contribution is 2.29. The summed E-state index contributed by atoms with van der Waals surface area (Å²) in [5, 5.41) is 0. The van der Waals surface area contributed by atoms with Crippen molar-refractivity contribution in [1.29, 1.82) is 0 Å². The summed E-state index contributed by atoms with van der Waals surface area (Å²) in [6, 6.07) is 6.16. The first-order valence-corrected chi connectivity index (χ1v) is 10.4. The first-order chi connectivity index (χ1) is 13.6. The minimum Gasteiger partial charge on any atom is -0.493 e. The molecule has 2 fully saturated rings. The van der Waals surface area contributed by atoms with Gasteiger partial charge in [0, 0.05) is 32.1 Å². The van der Waals surface area contributed by atoms with Crippen molar-refractivity contribution in [2.45, 2.75) is 51.5 Å². The van der Waals surface area contributed by atoms with E-state index >= 15 is 0 Å². The Morgan fingerprint density at radius 3 is 2.68 bits per heavy atom. The van der Waals surface area contributed by atoms with Crippen LogP contribution in [0.2, 0.25) is 0 Å². The van der Waals surface area contributed by atoms with Gasteiger partial charge in [0.25, 0.3) is 0 Å². The van der Waals surface area contributed by atoms with E-state index in [0.29, 0.717) is 37.1 Å². The number of ether oxygens (including phenoxy) is 2. The zero-order chi connectivity index (χ0) is 20.1. The lowest BCUT2D eigenvalue weighted by Crippen LogP contribution is -2.46. The minimum atomic E-state index is -0.190. The Kier molecular flexibility index (Phi) is 6.81. The van der Waals surface area contributed by atoms with Crippen LogP contribution in [0.4, 0.5) is 0 Å². The summed E-state index contributed by atoms with van der Waals surface area (Å²) < 4.78 is 10.6. The van der Waals surface area contributed by atoms with E-state index in [1.165, 1.54) is 6.42 Å². The number of methoxy groups -OCH3 is 2. The van der Waals surface area contributed by atoms with Crippen molar-refractivity contribution < 1.29 is 19.1 Å². The second kappa shape index (κ2) is 9.30. The van der Waals surface area contributed by atoms with Crippen LogP contribution in [0.5, 0.6) is 11.5 Å². The maximum Gasteiger partial charge on any atom is 0.228 e. The molecule has 0 bridgehead atoms. The van der Waals surface area contributed by atoms with E-state index in [2.05, 4.69) is 6.92 Å². The number of amides is 2. The zero-order valence-electron chi connectivity index (χ0n) is 17.3. The van der Waals surface area contributed by atoms with Crippen molar-refractivity contribution >= 4 is 11.8 Å². The minimum absolute atomic E-state index is 0.0869. The van der Waals surface area contributed by atoms with Gasteiger partial charge >= 0.3 is 0 Å². The SMILES string of the molecule is CCC1CCCCN1C(=O)C1CC(=O)N(CCc2ccc(OC)c(OC)c2)C1. The molecule has 6 heteroatoms. The molecule has 0 aromatic heterocycles. The first kappa shape index (κ1) is 20.5. The lowest BCUT2D eigenvalue weighted by atomic mass is 9.97. The van der Waals surface area contributed by atoms with E-state index in [9.17, 15) is 9.59 Å². The van der Waals surface area contributed by atoms with Gasteiger partial charge in [-0.05, 0) is 49.8 Å². The number of rotatable bonds is 7. The third-order valence-electron chi connectivity index (χ3n) is 6.06. The Morgan fingerprint density at radius 2 is 1.96 bits per heavy atom. The average Bonchev–Trinajstić information content (AvgIpc) is 3.11. The number of nitrogens with zero attached hydrogens (tertiary/aromatic N) is 2. The van der Waals surface area contributed by atoms with Gasteiger partial charge in [-0.25, -0.2) is 0 Å². The molecule has 0 radical (unpaired) electrons. The summed E-state index contributed by atoms with van der Waals surface area (Å²) in [6.45, 7) is 4.15. The van der Waals surface area contributed by atoms with Crippen LogP contribution < -0.4 is 9.47 Å². The Balaban J connectivity index is 1.58. The van der Waals surface area contributed by atoms with Crippen LogP contribution in [0.25, 0.3) is 0 Å². The molecule has 1 aromatic carbocycles. The number of hydrogen-bond donors (Lipinski definition) is 0. The zero-order valence-corrected chi connectivity index (χ0v) is 17.3. The number of benzene rings is 1. The Labute approximate surface area is 167 Å². The van der Waals surface area contributed by atoms with Crippen LogP contribution in [0.1, 0.15) is 44.6 Å². The smallest absolute Gasteiger partial charge is 0.228 e. The average molecular weight is 389 g/mol. The molecule has 2 amide bonds. The molecule has 28 heavy (non-hydrogen) atoms. The molecule has 0 spiro atoms. The molecule has 0 saturated carbocycles. The van der Waals surface area contributed by atoms with E-state index in [-0.39, 0.29) is 17.7 Å². The van der Waals surface area contributed by atoms with Crippen LogP contribution in [0.3, 0.4) is 0 Å². The Morgan fingerprint density at radius 1 is 1.18 bits per heavy atom. The van der Waals surface area contributed by atoms with Gasteiger partial charge in [0.15, 0.2) is 11.5 Å². The Bertz CT molecular complexity index is 706. The number of carbonyl (C=O) groups is 2. The summed E-state index contributed by atoms with van der Waals surface area (Å²) in [6.07, 6.45) is 5.43. The molecule has 1 aromatic rings. The molecule has 0 aliphatic carbocycles. The van der Waals surface area contributed by atoms with E-state index in [1.54, 1.807) is 14.2 Å². The van der Waals surface area contributed by atoms with Crippen LogP contribution in [0, 0.1) is 5.92 Å². The summed E-state index contributed by atoms with van der Waals surface area (Å²) in [7, 11) is 3.23. The fourth-order valence-electron chi connectivity index (χ4n) is 4.40. The van der Waals surface area contributed by atoms with E-state index < -0.39 is 0 Å². The topological polar surface area (TPSA) is 59.1 Å².